The zero-order valence-corrected chi connectivity index (χ0v) is 17.5. The number of hydrogen-bond acceptors (Lipinski definition) is 5. The number of aryl methyl sites for hydroxylation is 1. The van der Waals surface area contributed by atoms with Crippen molar-refractivity contribution in [2.24, 2.45) is 7.05 Å². The van der Waals surface area contributed by atoms with Gasteiger partial charge < -0.3 is 10.1 Å². The highest BCUT2D eigenvalue weighted by Gasteiger charge is 2.19. The maximum atomic E-state index is 13.0. The van der Waals surface area contributed by atoms with Crippen LogP contribution in [0.1, 0.15) is 17.3 Å². The first-order chi connectivity index (χ1) is 13.8. The molecule has 3 rings (SSSR count). The molecule has 29 heavy (non-hydrogen) atoms. The molecule has 1 N–H and O–H groups in total. The van der Waals surface area contributed by atoms with Crippen LogP contribution in [0.15, 0.2) is 41.5 Å². The monoisotopic (exact) mass is 435 g/mol. The smallest absolute Gasteiger partial charge is 0.284 e. The lowest BCUT2D eigenvalue weighted by atomic mass is 10.1. The first-order valence-electron chi connectivity index (χ1n) is 8.68. The van der Waals surface area contributed by atoms with Crippen molar-refractivity contribution >= 4 is 29.1 Å². The molecule has 10 heteroatoms. The van der Waals surface area contributed by atoms with E-state index in [4.69, 9.17) is 27.9 Å². The third kappa shape index (κ3) is 4.67. The standard InChI is InChI=1S/C19H19Cl2N5O3/c1-11(10-29-3)23-18(27)14-7-17(12-4-5-15(20)16(21)6-12)24-26(19(14)28)13-8-22-25(2)9-13/h4-9,11H,10H2,1-3H3,(H,23,27)/t11-/m0/s1. The van der Waals surface area contributed by atoms with Gasteiger partial charge in [0.1, 0.15) is 11.3 Å². The Morgan fingerprint density at radius 1 is 1.28 bits per heavy atom. The average molecular weight is 436 g/mol. The summed E-state index contributed by atoms with van der Waals surface area (Å²) in [6.45, 7) is 2.09. The molecule has 2 aromatic heterocycles. The van der Waals surface area contributed by atoms with Crippen LogP contribution in [0.3, 0.4) is 0 Å². The van der Waals surface area contributed by atoms with Crippen LogP contribution in [-0.4, -0.2) is 45.2 Å². The van der Waals surface area contributed by atoms with Gasteiger partial charge in [0.2, 0.25) is 0 Å². The second-order valence-electron chi connectivity index (χ2n) is 6.49. The lowest BCUT2D eigenvalue weighted by molar-refractivity contribution is 0.0903. The van der Waals surface area contributed by atoms with Crippen molar-refractivity contribution in [3.63, 3.8) is 0 Å². The molecule has 0 saturated heterocycles. The largest absolute Gasteiger partial charge is 0.383 e. The molecule has 0 aliphatic carbocycles. The number of aromatic nitrogens is 4. The predicted octanol–water partition coefficient (Wildman–Crippen LogP) is 2.70. The summed E-state index contributed by atoms with van der Waals surface area (Å²) in [4.78, 5) is 25.8. The van der Waals surface area contributed by atoms with E-state index in [1.54, 1.807) is 38.4 Å². The van der Waals surface area contributed by atoms with Crippen molar-refractivity contribution in [2.75, 3.05) is 13.7 Å². The molecule has 0 spiro atoms. The highest BCUT2D eigenvalue weighted by molar-refractivity contribution is 6.42. The maximum absolute atomic E-state index is 13.0. The highest BCUT2D eigenvalue weighted by atomic mass is 35.5. The molecule has 0 saturated carbocycles. The fraction of sp³-hybridized carbons (Fsp3) is 0.263. The van der Waals surface area contributed by atoms with Gasteiger partial charge in [-0.25, -0.2) is 0 Å². The quantitative estimate of drug-likeness (QED) is 0.642. The van der Waals surface area contributed by atoms with Gasteiger partial charge in [0.25, 0.3) is 11.5 Å². The second kappa shape index (κ2) is 8.77. The number of carbonyl (C=O) groups excluding carboxylic acids is 1. The van der Waals surface area contributed by atoms with E-state index in [-0.39, 0.29) is 11.6 Å². The van der Waals surface area contributed by atoms with Crippen LogP contribution in [0, 0.1) is 0 Å². The summed E-state index contributed by atoms with van der Waals surface area (Å²) in [7, 11) is 3.25. The summed E-state index contributed by atoms with van der Waals surface area (Å²) >= 11 is 12.1. The Kier molecular flexibility index (Phi) is 6.36. The van der Waals surface area contributed by atoms with E-state index in [9.17, 15) is 9.59 Å². The molecule has 2 heterocycles. The Bertz CT molecular complexity index is 1110. The first-order valence-corrected chi connectivity index (χ1v) is 9.44. The van der Waals surface area contributed by atoms with E-state index in [1.165, 1.54) is 24.1 Å². The van der Waals surface area contributed by atoms with Gasteiger partial charge in [0.05, 0.1) is 34.7 Å². The van der Waals surface area contributed by atoms with Crippen molar-refractivity contribution in [2.45, 2.75) is 13.0 Å². The molecule has 1 amide bonds. The second-order valence-corrected chi connectivity index (χ2v) is 7.31. The predicted molar refractivity (Wildman–Crippen MR) is 111 cm³/mol. The van der Waals surface area contributed by atoms with E-state index in [0.717, 1.165) is 4.68 Å². The SMILES string of the molecule is COC[C@H](C)NC(=O)c1cc(-c2ccc(Cl)c(Cl)c2)nn(-c2cnn(C)c2)c1=O. The van der Waals surface area contributed by atoms with Gasteiger partial charge in [-0.2, -0.15) is 14.9 Å². The number of carbonyl (C=O) groups is 1. The number of ether oxygens (including phenoxy) is 1. The van der Waals surface area contributed by atoms with Gasteiger partial charge in [-0.1, -0.05) is 29.3 Å². The minimum atomic E-state index is -0.566. The average Bonchev–Trinajstić information content (AvgIpc) is 3.10. The number of halogens is 2. The fourth-order valence-electron chi connectivity index (χ4n) is 2.74. The number of methoxy groups -OCH3 is 1. The number of hydrogen-bond donors (Lipinski definition) is 1. The van der Waals surface area contributed by atoms with Gasteiger partial charge >= 0.3 is 0 Å². The molecule has 0 aliphatic heterocycles. The topological polar surface area (TPSA) is 91.0 Å². The van der Waals surface area contributed by atoms with Crippen LogP contribution < -0.4 is 10.9 Å². The molecule has 0 unspecified atom stereocenters. The van der Waals surface area contributed by atoms with Gasteiger partial charge in [0, 0.05) is 25.8 Å². The minimum Gasteiger partial charge on any atom is -0.383 e. The molecular formula is C19H19Cl2N5O3. The lowest BCUT2D eigenvalue weighted by Gasteiger charge is -2.14. The molecular weight excluding hydrogens is 417 g/mol. The Hall–Kier alpha value is -2.68. The van der Waals surface area contributed by atoms with Crippen LogP contribution in [0.4, 0.5) is 0 Å². The summed E-state index contributed by atoms with van der Waals surface area (Å²) in [5, 5.41) is 11.9. The molecule has 3 aromatic rings. The zero-order chi connectivity index (χ0) is 21.1. The van der Waals surface area contributed by atoms with Gasteiger partial charge in [-0.3, -0.25) is 14.3 Å². The summed E-state index contributed by atoms with van der Waals surface area (Å²) in [6, 6.07) is 6.12. The fourth-order valence-corrected chi connectivity index (χ4v) is 3.04. The van der Waals surface area contributed by atoms with Gasteiger partial charge in [-0.05, 0) is 25.1 Å². The Morgan fingerprint density at radius 3 is 2.66 bits per heavy atom. The minimum absolute atomic E-state index is 0.0621. The number of benzene rings is 1. The summed E-state index contributed by atoms with van der Waals surface area (Å²) in [5.74, 6) is -0.527. The van der Waals surface area contributed by atoms with Crippen molar-refractivity contribution in [3.8, 4) is 16.9 Å². The van der Waals surface area contributed by atoms with E-state index in [0.29, 0.717) is 33.6 Å². The number of nitrogens with one attached hydrogen (secondary N) is 1. The summed E-state index contributed by atoms with van der Waals surface area (Å²) in [5.41, 5.74) is 0.794. The van der Waals surface area contributed by atoms with Crippen molar-refractivity contribution in [3.05, 3.63) is 62.6 Å². The Balaban J connectivity index is 2.15. The first kappa shape index (κ1) is 21.0. The zero-order valence-electron chi connectivity index (χ0n) is 16.0. The number of rotatable bonds is 6. The third-order valence-electron chi connectivity index (χ3n) is 4.10. The van der Waals surface area contributed by atoms with Crippen molar-refractivity contribution in [1.29, 1.82) is 0 Å². The van der Waals surface area contributed by atoms with Crippen LogP contribution in [0.2, 0.25) is 10.0 Å². The molecule has 0 fully saturated rings. The highest BCUT2D eigenvalue weighted by Crippen LogP contribution is 2.27. The Labute approximate surface area is 177 Å². The van der Waals surface area contributed by atoms with Crippen LogP contribution in [0.5, 0.6) is 0 Å². The van der Waals surface area contributed by atoms with Gasteiger partial charge in [0.15, 0.2) is 0 Å². The Morgan fingerprint density at radius 2 is 2.03 bits per heavy atom. The maximum Gasteiger partial charge on any atom is 0.284 e. The lowest BCUT2D eigenvalue weighted by Crippen LogP contribution is -2.39. The molecule has 1 atom stereocenters. The summed E-state index contributed by atoms with van der Waals surface area (Å²) < 4.78 is 7.71. The molecule has 152 valence electrons. The number of nitrogens with zero attached hydrogens (tertiary/aromatic N) is 4. The van der Waals surface area contributed by atoms with Crippen LogP contribution in [0.25, 0.3) is 16.9 Å². The third-order valence-corrected chi connectivity index (χ3v) is 4.84. The van der Waals surface area contributed by atoms with E-state index in [1.807, 2.05) is 0 Å². The summed E-state index contributed by atoms with van der Waals surface area (Å²) in [6.07, 6.45) is 3.12. The van der Waals surface area contributed by atoms with E-state index in [2.05, 4.69) is 15.5 Å². The number of amides is 1. The van der Waals surface area contributed by atoms with E-state index >= 15 is 0 Å². The molecule has 0 aliphatic rings. The van der Waals surface area contributed by atoms with E-state index < -0.39 is 11.5 Å². The van der Waals surface area contributed by atoms with Crippen LogP contribution in [-0.2, 0) is 11.8 Å². The van der Waals surface area contributed by atoms with Crippen molar-refractivity contribution in [1.82, 2.24) is 24.9 Å². The van der Waals surface area contributed by atoms with Gasteiger partial charge in [-0.15, -0.1) is 0 Å². The molecule has 1 aromatic carbocycles. The normalized spacial score (nSPS) is 12.0. The van der Waals surface area contributed by atoms with Crippen LogP contribution >= 0.6 is 23.2 Å². The molecule has 0 radical (unpaired) electrons. The molecule has 8 nitrogen and oxygen atoms in total. The van der Waals surface area contributed by atoms with Crippen molar-refractivity contribution < 1.29 is 9.53 Å². The molecule has 0 bridgehead atoms.